The average molecular weight is 442 g/mol. The first-order valence-electron chi connectivity index (χ1n) is 13.7. The highest BCUT2D eigenvalue weighted by Crippen LogP contribution is 2.30. The van der Waals surface area contributed by atoms with Crippen molar-refractivity contribution in [3.8, 4) is 0 Å². The van der Waals surface area contributed by atoms with Crippen LogP contribution >= 0.6 is 0 Å². The van der Waals surface area contributed by atoms with E-state index < -0.39 is 0 Å². The molecule has 4 nitrogen and oxygen atoms in total. The normalized spacial score (nSPS) is 19.4. The summed E-state index contributed by atoms with van der Waals surface area (Å²) in [5, 5.41) is 8.83. The summed E-state index contributed by atoms with van der Waals surface area (Å²) in [7, 11) is 0. The zero-order valence-corrected chi connectivity index (χ0v) is 21.1. The van der Waals surface area contributed by atoms with Gasteiger partial charge in [-0.2, -0.15) is 0 Å². The molecule has 0 aliphatic heterocycles. The average Bonchev–Trinajstić information content (AvgIpc) is 2.78. The molecule has 0 unspecified atom stereocenters. The molecule has 0 saturated heterocycles. The highest BCUT2D eigenvalue weighted by Gasteiger charge is 2.17. The van der Waals surface area contributed by atoms with E-state index in [-0.39, 0.29) is 0 Å². The Morgan fingerprint density at radius 2 is 1.26 bits per heavy atom. The van der Waals surface area contributed by atoms with Crippen LogP contribution in [0.25, 0.3) is 0 Å². The molecule has 0 amide bonds. The molecule has 4 heteroatoms. The molecule has 1 rings (SSSR count). The summed E-state index contributed by atoms with van der Waals surface area (Å²) in [6, 6.07) is 0. The number of aliphatic hydroxyl groups is 1. The Morgan fingerprint density at radius 1 is 0.677 bits per heavy atom. The van der Waals surface area contributed by atoms with E-state index in [4.69, 9.17) is 14.6 Å². The Labute approximate surface area is 194 Å². The van der Waals surface area contributed by atoms with Crippen LogP contribution in [0.15, 0.2) is 0 Å². The molecular formula is C27H55NO3. The minimum atomic E-state index is 0.349. The van der Waals surface area contributed by atoms with E-state index in [1.165, 1.54) is 90.0 Å². The largest absolute Gasteiger partial charge is 0.396 e. The van der Waals surface area contributed by atoms with Gasteiger partial charge in [-0.25, -0.2) is 0 Å². The van der Waals surface area contributed by atoms with Gasteiger partial charge in [0.1, 0.15) is 0 Å². The van der Waals surface area contributed by atoms with Crippen LogP contribution in [-0.4, -0.2) is 62.7 Å². The number of unbranched alkanes of at least 4 members (excludes halogenated alkanes) is 7. The third-order valence-corrected chi connectivity index (χ3v) is 6.87. The number of aliphatic hydroxyl groups excluding tert-OH is 1. The van der Waals surface area contributed by atoms with E-state index >= 15 is 0 Å². The van der Waals surface area contributed by atoms with Gasteiger partial charge in [-0.1, -0.05) is 78.1 Å². The van der Waals surface area contributed by atoms with Gasteiger partial charge in [0.2, 0.25) is 0 Å². The van der Waals surface area contributed by atoms with Crippen LogP contribution in [0.3, 0.4) is 0 Å². The van der Waals surface area contributed by atoms with Crippen molar-refractivity contribution in [2.75, 3.05) is 52.7 Å². The highest BCUT2D eigenvalue weighted by atomic mass is 16.5. The molecular weight excluding hydrogens is 386 g/mol. The van der Waals surface area contributed by atoms with Gasteiger partial charge in [-0.15, -0.1) is 0 Å². The van der Waals surface area contributed by atoms with Crippen LogP contribution in [0.2, 0.25) is 0 Å². The first-order chi connectivity index (χ1) is 15.3. The van der Waals surface area contributed by atoms with Crippen molar-refractivity contribution in [2.45, 2.75) is 110 Å². The second-order valence-electron chi connectivity index (χ2n) is 9.89. The van der Waals surface area contributed by atoms with E-state index in [2.05, 4.69) is 18.7 Å². The number of rotatable bonds is 22. The molecule has 0 aromatic heterocycles. The summed E-state index contributed by atoms with van der Waals surface area (Å²) in [6.07, 6.45) is 19.5. The predicted octanol–water partition coefficient (Wildman–Crippen LogP) is 6.45. The molecule has 0 heterocycles. The molecule has 1 N–H and O–H groups in total. The second kappa shape index (κ2) is 21.7. The zero-order chi connectivity index (χ0) is 22.4. The lowest BCUT2D eigenvalue weighted by molar-refractivity contribution is 0.0711. The van der Waals surface area contributed by atoms with Gasteiger partial charge in [0.25, 0.3) is 0 Å². The van der Waals surface area contributed by atoms with Gasteiger partial charge in [-0.05, 0) is 50.5 Å². The van der Waals surface area contributed by atoms with Gasteiger partial charge in [-0.3, -0.25) is 4.90 Å². The molecule has 1 aliphatic rings. The smallest absolute Gasteiger partial charge is 0.0593 e. The highest BCUT2D eigenvalue weighted by molar-refractivity contribution is 4.70. The van der Waals surface area contributed by atoms with Gasteiger partial charge in [0.15, 0.2) is 0 Å². The fourth-order valence-electron chi connectivity index (χ4n) is 4.67. The number of hydrogen-bond acceptors (Lipinski definition) is 4. The molecule has 186 valence electrons. The van der Waals surface area contributed by atoms with Gasteiger partial charge >= 0.3 is 0 Å². The van der Waals surface area contributed by atoms with E-state index in [1.54, 1.807) is 0 Å². The minimum absolute atomic E-state index is 0.349. The Bertz CT molecular complexity index is 358. The van der Waals surface area contributed by atoms with E-state index in [0.717, 1.165) is 64.2 Å². The monoisotopic (exact) mass is 441 g/mol. The molecule has 0 spiro atoms. The maximum Gasteiger partial charge on any atom is 0.0593 e. The molecule has 1 fully saturated rings. The van der Waals surface area contributed by atoms with Crippen LogP contribution in [0, 0.1) is 11.8 Å². The summed E-state index contributed by atoms with van der Waals surface area (Å²) in [5.41, 5.74) is 0. The lowest BCUT2D eigenvalue weighted by Crippen LogP contribution is -2.32. The first-order valence-corrected chi connectivity index (χ1v) is 13.7. The molecule has 0 radical (unpaired) electrons. The van der Waals surface area contributed by atoms with Crippen molar-refractivity contribution in [2.24, 2.45) is 11.8 Å². The molecule has 1 aliphatic carbocycles. The van der Waals surface area contributed by atoms with Crippen LogP contribution in [0.5, 0.6) is 0 Å². The Morgan fingerprint density at radius 3 is 1.87 bits per heavy atom. The summed E-state index contributed by atoms with van der Waals surface area (Å²) in [4.78, 5) is 2.54. The number of nitrogens with zero attached hydrogens (tertiary/aromatic N) is 1. The Hall–Kier alpha value is -0.160. The van der Waals surface area contributed by atoms with Gasteiger partial charge in [0.05, 0.1) is 13.2 Å². The third kappa shape index (κ3) is 18.0. The minimum Gasteiger partial charge on any atom is -0.396 e. The van der Waals surface area contributed by atoms with Crippen LogP contribution in [-0.2, 0) is 9.47 Å². The van der Waals surface area contributed by atoms with Crippen molar-refractivity contribution in [3.05, 3.63) is 0 Å². The quantitative estimate of drug-likeness (QED) is 0.196. The zero-order valence-electron chi connectivity index (χ0n) is 21.1. The van der Waals surface area contributed by atoms with Crippen molar-refractivity contribution in [1.82, 2.24) is 4.90 Å². The first kappa shape index (κ1) is 28.9. The maximum absolute atomic E-state index is 8.83. The predicted molar refractivity (Wildman–Crippen MR) is 133 cm³/mol. The van der Waals surface area contributed by atoms with Crippen molar-refractivity contribution >= 4 is 0 Å². The van der Waals surface area contributed by atoms with Crippen molar-refractivity contribution < 1.29 is 14.6 Å². The fourth-order valence-corrected chi connectivity index (χ4v) is 4.67. The molecule has 0 aromatic carbocycles. The number of hydrogen-bond donors (Lipinski definition) is 1. The lowest BCUT2D eigenvalue weighted by Gasteiger charge is -2.26. The van der Waals surface area contributed by atoms with Gasteiger partial charge in [0, 0.05) is 32.9 Å². The van der Waals surface area contributed by atoms with E-state index in [0.29, 0.717) is 6.61 Å². The second-order valence-corrected chi connectivity index (χ2v) is 9.89. The van der Waals surface area contributed by atoms with Crippen LogP contribution < -0.4 is 0 Å². The summed E-state index contributed by atoms with van der Waals surface area (Å²) in [5.74, 6) is 1.92. The third-order valence-electron chi connectivity index (χ3n) is 6.87. The fraction of sp³-hybridized carbons (Fsp3) is 1.00. The standard InChI is InChI=1S/C27H55NO3/c1-3-22-30-24-19-28(18-10-8-6-4-5-7-9-11-21-29)20-25-31-23-12-13-27-16-14-26(2)15-17-27/h26-27,29H,3-25H2,1-2H3. The topological polar surface area (TPSA) is 41.9 Å². The molecule has 31 heavy (non-hydrogen) atoms. The molecule has 1 saturated carbocycles. The summed E-state index contributed by atoms with van der Waals surface area (Å²) >= 11 is 0. The Balaban J connectivity index is 2.04. The molecule has 0 atom stereocenters. The van der Waals surface area contributed by atoms with E-state index in [1.807, 2.05) is 0 Å². The maximum atomic E-state index is 8.83. The SMILES string of the molecule is CCCOCCN(CCCCCCCCCCO)CCOCCCC1CCC(C)CC1. The van der Waals surface area contributed by atoms with Crippen LogP contribution in [0.1, 0.15) is 110 Å². The number of ether oxygens (including phenoxy) is 2. The summed E-state index contributed by atoms with van der Waals surface area (Å²) < 4.78 is 11.7. The molecule has 0 aromatic rings. The summed E-state index contributed by atoms with van der Waals surface area (Å²) in [6.45, 7) is 11.7. The van der Waals surface area contributed by atoms with Crippen molar-refractivity contribution in [1.29, 1.82) is 0 Å². The Kier molecular flexibility index (Phi) is 20.2. The van der Waals surface area contributed by atoms with Crippen molar-refractivity contribution in [3.63, 3.8) is 0 Å². The van der Waals surface area contributed by atoms with Gasteiger partial charge < -0.3 is 14.6 Å². The molecule has 0 bridgehead atoms. The van der Waals surface area contributed by atoms with Crippen LogP contribution in [0.4, 0.5) is 0 Å². The van der Waals surface area contributed by atoms with E-state index in [9.17, 15) is 0 Å². The lowest BCUT2D eigenvalue weighted by atomic mass is 9.81.